The van der Waals surface area contributed by atoms with Crippen molar-refractivity contribution in [3.63, 3.8) is 0 Å². The van der Waals surface area contributed by atoms with Crippen LogP contribution in [0.5, 0.6) is 0 Å². The summed E-state index contributed by atoms with van der Waals surface area (Å²) in [6, 6.07) is 6.54. The molecule has 0 bridgehead atoms. The number of benzene rings is 1. The molecule has 1 aliphatic carbocycles. The summed E-state index contributed by atoms with van der Waals surface area (Å²) < 4.78 is 42.3. The van der Waals surface area contributed by atoms with Crippen LogP contribution in [0.3, 0.4) is 0 Å². The summed E-state index contributed by atoms with van der Waals surface area (Å²) in [7, 11) is -1.41. The van der Waals surface area contributed by atoms with Gasteiger partial charge in [-0.15, -0.1) is 0 Å². The first-order valence-corrected chi connectivity index (χ1v) is 16.6. The Morgan fingerprint density at radius 2 is 1.83 bits per heavy atom. The normalized spacial score (nSPS) is 21.0. The number of nitrogens with one attached hydrogen (secondary N) is 1. The van der Waals surface area contributed by atoms with E-state index in [1.54, 1.807) is 18.0 Å². The van der Waals surface area contributed by atoms with Gasteiger partial charge >= 0.3 is 0 Å². The molecule has 1 aromatic carbocycles. The summed E-state index contributed by atoms with van der Waals surface area (Å²) in [4.78, 5) is 21.9. The van der Waals surface area contributed by atoms with Crippen LogP contribution >= 0.6 is 0 Å². The molecule has 8 nitrogen and oxygen atoms in total. The maximum Gasteiger partial charge on any atom is 0.256 e. The van der Waals surface area contributed by atoms with E-state index in [1.165, 1.54) is 24.0 Å². The summed E-state index contributed by atoms with van der Waals surface area (Å²) in [5, 5.41) is 1.12. The lowest BCUT2D eigenvalue weighted by Gasteiger charge is -2.36. The molecule has 3 aromatic rings. The van der Waals surface area contributed by atoms with E-state index >= 15 is 0 Å². The first kappa shape index (κ1) is 29.7. The van der Waals surface area contributed by atoms with Crippen LogP contribution in [-0.4, -0.2) is 78.7 Å². The van der Waals surface area contributed by atoms with Crippen molar-refractivity contribution in [1.82, 2.24) is 24.1 Å². The molecule has 10 heteroatoms. The van der Waals surface area contributed by atoms with Crippen LogP contribution < -0.4 is 4.72 Å². The van der Waals surface area contributed by atoms with E-state index in [-0.39, 0.29) is 18.0 Å². The number of fused-ring (bicyclic) bond motifs is 1. The third-order valence-corrected chi connectivity index (χ3v) is 9.72. The molecule has 1 saturated heterocycles. The zero-order valence-electron chi connectivity index (χ0n) is 24.5. The topological polar surface area (TPSA) is 87.5 Å². The molecular weight excluding hydrogens is 541 g/mol. The van der Waals surface area contributed by atoms with Crippen molar-refractivity contribution in [1.29, 1.82) is 0 Å². The van der Waals surface area contributed by atoms with Gasteiger partial charge in [-0.05, 0) is 107 Å². The van der Waals surface area contributed by atoms with Gasteiger partial charge in [0.2, 0.25) is 10.0 Å². The number of rotatable bonds is 8. The maximum atomic E-state index is 14.4. The number of sulfonamides is 1. The number of pyridine rings is 1. The number of amides is 1. The van der Waals surface area contributed by atoms with E-state index in [2.05, 4.69) is 20.8 Å². The molecule has 1 aliphatic heterocycles. The van der Waals surface area contributed by atoms with Crippen LogP contribution in [0, 0.1) is 11.7 Å². The van der Waals surface area contributed by atoms with E-state index in [4.69, 9.17) is 0 Å². The van der Waals surface area contributed by atoms with Gasteiger partial charge in [-0.2, -0.15) is 0 Å². The van der Waals surface area contributed by atoms with E-state index in [0.717, 1.165) is 69.1 Å². The largest absolute Gasteiger partial charge is 0.339 e. The number of hydrogen-bond donors (Lipinski definition) is 1. The molecule has 3 heterocycles. The van der Waals surface area contributed by atoms with Crippen LogP contribution in [0.15, 0.2) is 42.9 Å². The second-order valence-electron chi connectivity index (χ2n) is 12.2. The van der Waals surface area contributed by atoms with E-state index in [1.807, 2.05) is 36.9 Å². The predicted molar refractivity (Wildman–Crippen MR) is 160 cm³/mol. The first-order chi connectivity index (χ1) is 19.5. The molecule has 5 rings (SSSR count). The Labute approximate surface area is 243 Å². The van der Waals surface area contributed by atoms with E-state index in [0.29, 0.717) is 23.1 Å². The Bertz CT molecular complexity index is 1490. The number of halogens is 1. The van der Waals surface area contributed by atoms with Crippen LogP contribution in [0.1, 0.15) is 74.2 Å². The van der Waals surface area contributed by atoms with E-state index < -0.39 is 15.8 Å². The molecule has 0 atom stereocenters. The summed E-state index contributed by atoms with van der Waals surface area (Å²) in [6.07, 6.45) is 13.0. The Morgan fingerprint density at radius 3 is 2.49 bits per heavy atom. The first-order valence-electron chi connectivity index (χ1n) is 14.7. The molecule has 2 aromatic heterocycles. The van der Waals surface area contributed by atoms with Crippen molar-refractivity contribution in [3.8, 4) is 5.69 Å². The highest BCUT2D eigenvalue weighted by Gasteiger charge is 2.29. The maximum absolute atomic E-state index is 14.4. The molecule has 0 unspecified atom stereocenters. The Hall–Kier alpha value is -2.82. The Balaban J connectivity index is 1.31. The summed E-state index contributed by atoms with van der Waals surface area (Å²) in [6.45, 7) is 6.98. The molecule has 41 heavy (non-hydrogen) atoms. The second-order valence-corrected chi connectivity index (χ2v) is 14.0. The number of nitrogens with zero attached hydrogens (tertiary/aromatic N) is 4. The lowest BCUT2D eigenvalue weighted by molar-refractivity contribution is 0.0754. The standard InChI is InChI=1S/C31H42FN5O3S/c1-21(2)35(3)31(38)27-17-24(32)7-10-29(27)37-20-28(26-11-14-33-18-30(26)37)23-12-15-36(16-13-23)19-22-5-8-25(9-6-22)34-41(4,39)40/h7,10-11,14,17-18,20-23,25,34H,5-6,8-9,12-13,15-16,19H2,1-4H3/t22-,25-. The Morgan fingerprint density at radius 1 is 1.12 bits per heavy atom. The zero-order valence-corrected chi connectivity index (χ0v) is 25.3. The van der Waals surface area contributed by atoms with Gasteiger partial charge in [-0.1, -0.05) is 0 Å². The number of hydrogen-bond acceptors (Lipinski definition) is 5. The fourth-order valence-electron chi connectivity index (χ4n) is 6.50. The van der Waals surface area contributed by atoms with Gasteiger partial charge in [0.25, 0.3) is 5.91 Å². The lowest BCUT2D eigenvalue weighted by atomic mass is 9.84. The fourth-order valence-corrected chi connectivity index (χ4v) is 7.34. The van der Waals surface area contributed by atoms with Crippen molar-refractivity contribution in [2.24, 2.45) is 5.92 Å². The third-order valence-electron chi connectivity index (χ3n) is 8.95. The molecule has 1 N–H and O–H groups in total. The number of piperidine rings is 1. The van der Waals surface area contributed by atoms with Gasteiger partial charge in [0.15, 0.2) is 0 Å². The minimum absolute atomic E-state index is 0.0124. The summed E-state index contributed by atoms with van der Waals surface area (Å²) in [5.74, 6) is 0.341. The van der Waals surface area contributed by atoms with Crippen LogP contribution in [0.2, 0.25) is 0 Å². The highest BCUT2D eigenvalue weighted by Crippen LogP contribution is 2.37. The van der Waals surface area contributed by atoms with Crippen LogP contribution in [-0.2, 0) is 10.0 Å². The average Bonchev–Trinajstić information content (AvgIpc) is 3.32. The molecule has 1 saturated carbocycles. The smallest absolute Gasteiger partial charge is 0.256 e. The summed E-state index contributed by atoms with van der Waals surface area (Å²) >= 11 is 0. The second kappa shape index (κ2) is 12.2. The number of carbonyl (C=O) groups is 1. The number of likely N-dealkylation sites (tertiary alicyclic amines) is 1. The lowest BCUT2D eigenvalue weighted by Crippen LogP contribution is -2.41. The van der Waals surface area contributed by atoms with E-state index in [9.17, 15) is 17.6 Å². The quantitative estimate of drug-likeness (QED) is 0.406. The highest BCUT2D eigenvalue weighted by molar-refractivity contribution is 7.88. The monoisotopic (exact) mass is 583 g/mol. The van der Waals surface area contributed by atoms with Crippen molar-refractivity contribution >= 4 is 26.8 Å². The van der Waals surface area contributed by atoms with Crippen molar-refractivity contribution in [2.75, 3.05) is 32.9 Å². The fraction of sp³-hybridized carbons (Fsp3) is 0.548. The van der Waals surface area contributed by atoms with Crippen molar-refractivity contribution in [2.45, 2.75) is 70.4 Å². The molecule has 1 amide bonds. The number of aromatic nitrogens is 2. The van der Waals surface area contributed by atoms with Gasteiger partial charge < -0.3 is 14.4 Å². The van der Waals surface area contributed by atoms with Crippen LogP contribution in [0.4, 0.5) is 4.39 Å². The van der Waals surface area contributed by atoms with Gasteiger partial charge in [0, 0.05) is 43.5 Å². The predicted octanol–water partition coefficient (Wildman–Crippen LogP) is 4.93. The van der Waals surface area contributed by atoms with Crippen molar-refractivity contribution in [3.05, 3.63) is 59.8 Å². The summed E-state index contributed by atoms with van der Waals surface area (Å²) in [5.41, 5.74) is 3.16. The SMILES string of the molecule is CC(C)N(C)C(=O)c1cc(F)ccc1-n1cc(C2CCN(C[C@H]3CC[C@H](NS(C)(=O)=O)CC3)CC2)c2ccncc21. The third kappa shape index (κ3) is 6.81. The van der Waals surface area contributed by atoms with Gasteiger partial charge in [0.05, 0.1) is 29.2 Å². The van der Waals surface area contributed by atoms with Gasteiger partial charge in [-0.3, -0.25) is 9.78 Å². The van der Waals surface area contributed by atoms with Crippen molar-refractivity contribution < 1.29 is 17.6 Å². The molecular formula is C31H42FN5O3S. The zero-order chi connectivity index (χ0) is 29.3. The van der Waals surface area contributed by atoms with Crippen LogP contribution in [0.25, 0.3) is 16.6 Å². The molecule has 222 valence electrons. The minimum atomic E-state index is -3.15. The minimum Gasteiger partial charge on any atom is -0.339 e. The Kier molecular flexibility index (Phi) is 8.82. The number of carbonyl (C=O) groups excluding carboxylic acids is 1. The molecule has 2 fully saturated rings. The highest BCUT2D eigenvalue weighted by atomic mass is 32.2. The van der Waals surface area contributed by atoms with Gasteiger partial charge in [-0.25, -0.2) is 17.5 Å². The molecule has 0 radical (unpaired) electrons. The van der Waals surface area contributed by atoms with Gasteiger partial charge in [0.1, 0.15) is 5.82 Å². The molecule has 0 spiro atoms. The average molecular weight is 584 g/mol. The molecule has 2 aliphatic rings.